The number of carbonyl (C=O) groups is 1. The van der Waals surface area contributed by atoms with E-state index in [1.54, 1.807) is 33.9 Å². The smallest absolute Gasteiger partial charge is 0.260 e. The fourth-order valence-corrected chi connectivity index (χ4v) is 5.20. The average molecular weight is 590 g/mol. The minimum atomic E-state index is -0.589. The molecule has 0 aliphatic heterocycles. The Morgan fingerprint density at radius 3 is 2.60 bits per heavy atom. The van der Waals surface area contributed by atoms with E-state index in [0.717, 1.165) is 27.6 Å². The zero-order chi connectivity index (χ0) is 32.4. The third-order valence-corrected chi connectivity index (χ3v) is 8.13. The number of allylic oxidation sites excluding steroid dienone is 4. The maximum absolute atomic E-state index is 14.4. The maximum Gasteiger partial charge on any atom is 0.260 e. The number of carbonyl (C=O) groups excluding carboxylic acids is 1. The molecule has 0 bridgehead atoms. The van der Waals surface area contributed by atoms with Gasteiger partial charge in [0.1, 0.15) is 42.6 Å². The van der Waals surface area contributed by atoms with Crippen molar-refractivity contribution >= 4 is 59.5 Å². The maximum atomic E-state index is 14.4. The summed E-state index contributed by atoms with van der Waals surface area (Å²) in [5.74, 6) is 8.62. The number of nitrogen functional groups attached to an aromatic ring is 1. The number of nitrogens with zero attached hydrogens (tertiary/aromatic N) is 6. The molecule has 0 aliphatic rings. The Labute approximate surface area is 264 Å². The van der Waals surface area contributed by atoms with Crippen LogP contribution in [-0.2, 0) is 13.6 Å². The molecule has 0 radical (unpaired) electrons. The third kappa shape index (κ3) is 5.96. The first-order valence-corrected chi connectivity index (χ1v) is 14.4. The lowest BCUT2D eigenvalue weighted by Gasteiger charge is -2.22. The van der Waals surface area contributed by atoms with E-state index in [0.29, 0.717) is 27.7 Å². The number of benzene rings is 1. The number of hydrogen-bond acceptors (Lipinski definition) is 6. The van der Waals surface area contributed by atoms with Gasteiger partial charge in [0.25, 0.3) is 11.5 Å². The van der Waals surface area contributed by atoms with Gasteiger partial charge in [-0.25, -0.2) is 9.50 Å². The Hall–Kier alpha value is -5.61. The number of pyridine rings is 1. The topological polar surface area (TPSA) is 125 Å². The highest BCUT2D eigenvalue weighted by molar-refractivity contribution is 6.44. The number of anilines is 1. The van der Waals surface area contributed by atoms with Crippen LogP contribution in [-0.4, -0.2) is 66.2 Å². The molecular formula is C31H30B4N8O2. The van der Waals surface area contributed by atoms with Crippen molar-refractivity contribution in [3.05, 3.63) is 110 Å². The molecule has 1 aromatic carbocycles. The Balaban J connectivity index is 1.66. The van der Waals surface area contributed by atoms with Crippen LogP contribution in [0, 0.1) is 24.2 Å². The summed E-state index contributed by atoms with van der Waals surface area (Å²) >= 11 is 0. The molecule has 10 nitrogen and oxygen atoms in total. The van der Waals surface area contributed by atoms with E-state index in [9.17, 15) is 9.59 Å². The summed E-state index contributed by atoms with van der Waals surface area (Å²) in [6.07, 6.45) is 10.6. The summed E-state index contributed by atoms with van der Waals surface area (Å²) in [6, 6.07) is 10.4. The van der Waals surface area contributed by atoms with Gasteiger partial charge in [0.05, 0.1) is 17.6 Å². The molecule has 218 valence electrons. The van der Waals surface area contributed by atoms with E-state index in [1.165, 1.54) is 4.52 Å². The van der Waals surface area contributed by atoms with Gasteiger partial charge < -0.3 is 15.6 Å². The number of amides is 1. The second kappa shape index (κ2) is 12.6. The highest BCUT2D eigenvalue weighted by Gasteiger charge is 2.23. The van der Waals surface area contributed by atoms with Crippen LogP contribution in [0.25, 0.3) is 16.4 Å². The van der Waals surface area contributed by atoms with Gasteiger partial charge in [-0.15, -0.1) is 17.0 Å². The van der Waals surface area contributed by atoms with Crippen molar-refractivity contribution in [2.75, 3.05) is 5.73 Å². The number of aromatic nitrogens is 6. The molecule has 0 unspecified atom stereocenters. The fourth-order valence-electron chi connectivity index (χ4n) is 5.20. The lowest BCUT2D eigenvalue weighted by atomic mass is 9.66. The summed E-state index contributed by atoms with van der Waals surface area (Å²) in [4.78, 5) is 32.3. The molecule has 5 aromatic rings. The van der Waals surface area contributed by atoms with Crippen LogP contribution in [0.4, 0.5) is 5.82 Å². The Bertz CT molecular complexity index is 2230. The van der Waals surface area contributed by atoms with Crippen molar-refractivity contribution in [3.8, 4) is 24.2 Å². The normalized spacial score (nSPS) is 12.9. The molecule has 0 fully saturated rings. The summed E-state index contributed by atoms with van der Waals surface area (Å²) < 4.78 is 4.83. The van der Waals surface area contributed by atoms with Gasteiger partial charge in [0.15, 0.2) is 11.5 Å². The molecule has 3 N–H and O–H groups in total. The number of terminal acetylenes is 1. The fraction of sp³-hybridized carbons (Fsp3) is 0.129. The molecule has 0 spiro atoms. The summed E-state index contributed by atoms with van der Waals surface area (Å²) in [5.41, 5.74) is 12.1. The molecule has 5 rings (SSSR count). The van der Waals surface area contributed by atoms with Crippen LogP contribution in [0.5, 0.6) is 0 Å². The first-order chi connectivity index (χ1) is 21.5. The number of aryl methyl sites for hydroxylation is 1. The summed E-state index contributed by atoms with van der Waals surface area (Å²) in [7, 11) is 9.65. The molecular weight excluding hydrogens is 560 g/mol. The summed E-state index contributed by atoms with van der Waals surface area (Å²) in [5, 5.41) is 12.6. The van der Waals surface area contributed by atoms with Crippen molar-refractivity contribution in [2.45, 2.75) is 19.5 Å². The molecule has 0 saturated heterocycles. The van der Waals surface area contributed by atoms with Crippen molar-refractivity contribution < 1.29 is 4.79 Å². The highest BCUT2D eigenvalue weighted by Crippen LogP contribution is 2.23. The van der Waals surface area contributed by atoms with Gasteiger partial charge >= 0.3 is 0 Å². The number of rotatable bonds is 6. The van der Waals surface area contributed by atoms with Crippen LogP contribution in [0.15, 0.2) is 81.7 Å². The first kappa shape index (κ1) is 30.8. The van der Waals surface area contributed by atoms with Crippen LogP contribution in [0.2, 0.25) is 0 Å². The second-order valence-electron chi connectivity index (χ2n) is 11.0. The molecule has 45 heavy (non-hydrogen) atoms. The van der Waals surface area contributed by atoms with Gasteiger partial charge in [0, 0.05) is 37.2 Å². The molecule has 4 aromatic heterocycles. The summed E-state index contributed by atoms with van der Waals surface area (Å²) in [6.45, 7) is 2.10. The molecule has 14 heteroatoms. The lowest BCUT2D eigenvalue weighted by Crippen LogP contribution is -2.33. The minimum Gasteiger partial charge on any atom is -0.381 e. The van der Waals surface area contributed by atoms with Crippen molar-refractivity contribution in [1.29, 1.82) is 0 Å². The van der Waals surface area contributed by atoms with Gasteiger partial charge in [0.2, 0.25) is 0 Å². The Morgan fingerprint density at radius 1 is 1.11 bits per heavy atom. The minimum absolute atomic E-state index is 0.0616. The van der Waals surface area contributed by atoms with Crippen LogP contribution >= 0.6 is 0 Å². The van der Waals surface area contributed by atoms with E-state index < -0.39 is 11.9 Å². The van der Waals surface area contributed by atoms with Crippen LogP contribution < -0.4 is 16.6 Å². The molecule has 4 heterocycles. The van der Waals surface area contributed by atoms with E-state index >= 15 is 0 Å². The highest BCUT2D eigenvalue weighted by atomic mass is 16.2. The quantitative estimate of drug-likeness (QED) is 0.146. The monoisotopic (exact) mass is 590 g/mol. The third-order valence-electron chi connectivity index (χ3n) is 8.13. The van der Waals surface area contributed by atoms with E-state index in [1.807, 2.05) is 75.7 Å². The predicted molar refractivity (Wildman–Crippen MR) is 188 cm³/mol. The number of hydrogen-bond donors (Lipinski definition) is 2. The number of nitrogens with one attached hydrogen (secondary N) is 1. The van der Waals surface area contributed by atoms with Crippen LogP contribution in [0.1, 0.15) is 40.3 Å². The average Bonchev–Trinajstić information content (AvgIpc) is 3.60. The standard InChI is InChI=1S/C31H30B4N8O2/c1-4-21(32)26(34)27(35)22(33)16-42-23(17(2)39-30(44)25-28(36)40-43-14-6-12-37-29(25)43)15-19-8-5-7-18(24(19)31(42)45)9-10-20-11-13-38-41(20)3/h1,5-8,11-15,17H,16,32-35H2,2-3H3,(H2,36,40)(H,39,44)/b26-21-,27-22-/t17-/m1/s1. The van der Waals surface area contributed by atoms with Gasteiger partial charge in [-0.3, -0.25) is 14.3 Å². The van der Waals surface area contributed by atoms with Crippen molar-refractivity contribution in [2.24, 2.45) is 7.05 Å². The van der Waals surface area contributed by atoms with Crippen molar-refractivity contribution in [3.63, 3.8) is 0 Å². The van der Waals surface area contributed by atoms with Crippen LogP contribution in [0.3, 0.4) is 0 Å². The van der Waals surface area contributed by atoms with Gasteiger partial charge in [-0.05, 0) is 48.0 Å². The van der Waals surface area contributed by atoms with E-state index in [-0.39, 0.29) is 23.5 Å². The Kier molecular flexibility index (Phi) is 8.60. The molecule has 1 atom stereocenters. The van der Waals surface area contributed by atoms with E-state index in [4.69, 9.17) is 12.2 Å². The number of nitrogens with two attached hydrogens (primary N) is 1. The number of fused-ring (bicyclic) bond motifs is 2. The molecule has 0 aliphatic carbocycles. The molecule has 1 amide bonds. The second-order valence-corrected chi connectivity index (χ2v) is 11.0. The zero-order valence-corrected chi connectivity index (χ0v) is 26.1. The molecule has 0 saturated carbocycles. The zero-order valence-electron chi connectivity index (χ0n) is 26.1. The van der Waals surface area contributed by atoms with E-state index in [2.05, 4.69) is 38.3 Å². The first-order valence-electron chi connectivity index (χ1n) is 14.4. The van der Waals surface area contributed by atoms with Gasteiger partial charge in [-0.2, -0.15) is 5.10 Å². The lowest BCUT2D eigenvalue weighted by molar-refractivity contribution is 0.0940. The Morgan fingerprint density at radius 2 is 1.89 bits per heavy atom. The SMILES string of the molecule is B/C(C#C)=C(B)/C(B)=C(/B)Cn1c([C@@H](C)NC(=O)c2c(N)nn3cccnc23)cc2cccc(C#Cc3ccnn3C)c2c1=O. The van der Waals surface area contributed by atoms with Gasteiger partial charge in [-0.1, -0.05) is 34.9 Å². The predicted octanol–water partition coefficient (Wildman–Crippen LogP) is -1.16. The largest absolute Gasteiger partial charge is 0.381 e. The van der Waals surface area contributed by atoms with Crippen molar-refractivity contribution in [1.82, 2.24) is 34.3 Å².